The fourth-order valence-corrected chi connectivity index (χ4v) is 5.59. The van der Waals surface area contributed by atoms with Crippen LogP contribution in [0.5, 0.6) is 0 Å². The van der Waals surface area contributed by atoms with Crippen LogP contribution in [0.2, 0.25) is 5.02 Å². The molecule has 0 aliphatic rings. The Morgan fingerprint density at radius 2 is 1.61 bits per heavy atom. The number of alkyl halides is 3. The number of hydrogen-bond donors (Lipinski definition) is 0. The zero-order valence-corrected chi connectivity index (χ0v) is 20.3. The van der Waals surface area contributed by atoms with Gasteiger partial charge in [-0.05, 0) is 65.0 Å². The van der Waals surface area contributed by atoms with Gasteiger partial charge in [-0.3, -0.25) is 4.31 Å². The molecule has 1 aromatic heterocycles. The maximum Gasteiger partial charge on any atom is 0.451 e. The molecule has 6 nitrogen and oxygen atoms in total. The lowest BCUT2D eigenvalue weighted by Gasteiger charge is -2.37. The van der Waals surface area contributed by atoms with E-state index in [2.05, 4.69) is 10.2 Å². The second kappa shape index (κ2) is 8.64. The van der Waals surface area contributed by atoms with Crippen LogP contribution in [-0.4, -0.2) is 28.7 Å². The fraction of sp³-hybridized carbons (Fsp3) is 0.364. The van der Waals surface area contributed by atoms with E-state index >= 15 is 0 Å². The molecular weight excluding hydrogens is 477 g/mol. The van der Waals surface area contributed by atoms with Crippen LogP contribution in [0.3, 0.4) is 0 Å². The molecule has 0 fully saturated rings. The van der Waals surface area contributed by atoms with Gasteiger partial charge in [-0.1, -0.05) is 29.8 Å². The zero-order valence-electron chi connectivity index (χ0n) is 18.7. The molecule has 0 saturated carbocycles. The van der Waals surface area contributed by atoms with E-state index in [1.165, 1.54) is 34.6 Å². The van der Waals surface area contributed by atoms with Crippen molar-refractivity contribution in [3.05, 3.63) is 59.4 Å². The molecule has 0 aliphatic heterocycles. The summed E-state index contributed by atoms with van der Waals surface area (Å²) in [6, 6.07) is 11.5. The van der Waals surface area contributed by atoms with Crippen molar-refractivity contribution in [2.75, 3.05) is 4.31 Å². The summed E-state index contributed by atoms with van der Waals surface area (Å²) in [6.07, 6.45) is -4.74. The smallest absolute Gasteiger partial charge is 0.301 e. The van der Waals surface area contributed by atoms with Crippen molar-refractivity contribution in [3.63, 3.8) is 0 Å². The Bertz CT molecular complexity index is 1250. The Hall–Kier alpha value is -2.59. The predicted molar refractivity (Wildman–Crippen MR) is 122 cm³/mol. The predicted octanol–water partition coefficient (Wildman–Crippen LogP) is 6.19. The van der Waals surface area contributed by atoms with Crippen molar-refractivity contribution in [2.45, 2.75) is 57.3 Å². The molecule has 0 N–H and O–H groups in total. The first-order valence-electron chi connectivity index (χ1n) is 10.1. The highest BCUT2D eigenvalue weighted by Crippen LogP contribution is 2.41. The molecule has 0 unspecified atom stereocenters. The van der Waals surface area contributed by atoms with Crippen LogP contribution in [0.15, 0.2) is 53.4 Å². The van der Waals surface area contributed by atoms with Gasteiger partial charge < -0.3 is 4.57 Å². The normalized spacial score (nSPS) is 12.9. The van der Waals surface area contributed by atoms with Gasteiger partial charge in [-0.15, -0.1) is 10.2 Å². The quantitative estimate of drug-likeness (QED) is 0.418. The van der Waals surface area contributed by atoms with Crippen molar-refractivity contribution in [1.29, 1.82) is 0 Å². The van der Waals surface area contributed by atoms with E-state index in [1.54, 1.807) is 52.8 Å². The molecule has 1 heterocycles. The monoisotopic (exact) mass is 500 g/mol. The van der Waals surface area contributed by atoms with Crippen LogP contribution >= 0.6 is 11.6 Å². The van der Waals surface area contributed by atoms with Crippen LogP contribution in [0.1, 0.15) is 46.5 Å². The summed E-state index contributed by atoms with van der Waals surface area (Å²) in [4.78, 5) is 0.0436. The Morgan fingerprint density at radius 3 is 2.12 bits per heavy atom. The van der Waals surface area contributed by atoms with E-state index in [9.17, 15) is 21.6 Å². The van der Waals surface area contributed by atoms with Crippen molar-refractivity contribution in [2.24, 2.45) is 0 Å². The molecule has 0 radical (unpaired) electrons. The van der Waals surface area contributed by atoms with Gasteiger partial charge in [-0.2, -0.15) is 13.2 Å². The van der Waals surface area contributed by atoms with Crippen LogP contribution < -0.4 is 4.31 Å². The Morgan fingerprint density at radius 1 is 1.00 bits per heavy atom. The third-order valence-electron chi connectivity index (χ3n) is 4.77. The van der Waals surface area contributed by atoms with E-state index in [0.717, 1.165) is 4.57 Å². The number of hydrogen-bond acceptors (Lipinski definition) is 4. The highest BCUT2D eigenvalue weighted by atomic mass is 35.5. The number of aromatic nitrogens is 3. The first-order chi connectivity index (χ1) is 15.2. The highest BCUT2D eigenvalue weighted by molar-refractivity contribution is 7.93. The van der Waals surface area contributed by atoms with Crippen molar-refractivity contribution in [3.8, 4) is 11.4 Å². The lowest BCUT2D eigenvalue weighted by Crippen LogP contribution is -2.46. The van der Waals surface area contributed by atoms with Gasteiger partial charge in [0.05, 0.1) is 10.6 Å². The first-order valence-corrected chi connectivity index (χ1v) is 11.9. The van der Waals surface area contributed by atoms with Gasteiger partial charge in [0.1, 0.15) is 0 Å². The van der Waals surface area contributed by atoms with Gasteiger partial charge >= 0.3 is 6.18 Å². The maximum atomic E-state index is 13.7. The van der Waals surface area contributed by atoms with Crippen molar-refractivity contribution < 1.29 is 21.6 Å². The molecular formula is C22H24ClF3N4O2S. The molecule has 0 saturated heterocycles. The number of halogens is 4. The molecule has 0 atom stereocenters. The third kappa shape index (κ3) is 4.86. The maximum absolute atomic E-state index is 13.7. The Balaban J connectivity index is 2.36. The van der Waals surface area contributed by atoms with Crippen LogP contribution in [0.25, 0.3) is 11.4 Å². The molecule has 3 aromatic rings. The largest absolute Gasteiger partial charge is 0.451 e. The Labute approximate surface area is 196 Å². The summed E-state index contributed by atoms with van der Waals surface area (Å²) in [5, 5.41) is 7.40. The van der Waals surface area contributed by atoms with Crippen molar-refractivity contribution in [1.82, 2.24) is 14.8 Å². The summed E-state index contributed by atoms with van der Waals surface area (Å²) >= 11 is 6.20. The lowest BCUT2D eigenvalue weighted by molar-refractivity contribution is -0.147. The average Bonchev–Trinajstić information content (AvgIpc) is 3.14. The lowest BCUT2D eigenvalue weighted by atomic mass is 10.1. The van der Waals surface area contributed by atoms with Crippen LogP contribution in [0, 0.1) is 0 Å². The molecule has 3 rings (SSSR count). The zero-order chi connectivity index (χ0) is 24.8. The summed E-state index contributed by atoms with van der Waals surface area (Å²) in [5.74, 6) is -1.31. The topological polar surface area (TPSA) is 68.1 Å². The van der Waals surface area contributed by atoms with Gasteiger partial charge in [0, 0.05) is 22.2 Å². The second-order valence-electron chi connectivity index (χ2n) is 8.72. The number of anilines is 1. The Kier molecular flexibility index (Phi) is 6.56. The van der Waals surface area contributed by atoms with E-state index in [4.69, 9.17) is 11.6 Å². The van der Waals surface area contributed by atoms with Crippen LogP contribution in [0.4, 0.5) is 18.9 Å². The fourth-order valence-electron chi connectivity index (χ4n) is 3.57. The molecule has 33 heavy (non-hydrogen) atoms. The minimum absolute atomic E-state index is 0.0436. The molecule has 0 spiro atoms. The number of sulfonamides is 1. The van der Waals surface area contributed by atoms with Gasteiger partial charge in [0.2, 0.25) is 5.82 Å². The van der Waals surface area contributed by atoms with Crippen molar-refractivity contribution >= 4 is 27.3 Å². The standard InChI is InChI=1S/C22H24ClF3N4O2S/c1-14(2)29-19(27-28-20(29)22(24,25)26)17-13-15(23)11-12-18(17)30(21(3,4)5)33(31,32)16-9-7-6-8-10-16/h6-14H,1-5H3. The minimum atomic E-state index is -4.74. The first kappa shape index (κ1) is 25.0. The van der Waals surface area contributed by atoms with Gasteiger partial charge in [0.25, 0.3) is 10.0 Å². The third-order valence-corrected chi connectivity index (χ3v) is 7.10. The highest BCUT2D eigenvalue weighted by Gasteiger charge is 2.41. The minimum Gasteiger partial charge on any atom is -0.301 e. The molecule has 0 bridgehead atoms. The van der Waals surface area contributed by atoms with E-state index in [0.29, 0.717) is 0 Å². The SMILES string of the molecule is CC(C)n1c(-c2cc(Cl)ccc2N(C(C)(C)C)S(=O)(=O)c2ccccc2)nnc1C(F)(F)F. The number of nitrogens with zero attached hydrogens (tertiary/aromatic N) is 4. The van der Waals surface area contributed by atoms with E-state index in [-0.39, 0.29) is 27.0 Å². The van der Waals surface area contributed by atoms with Gasteiger partial charge in [-0.25, -0.2) is 8.42 Å². The summed E-state index contributed by atoms with van der Waals surface area (Å²) in [7, 11) is -4.10. The average molecular weight is 501 g/mol. The van der Waals surface area contributed by atoms with E-state index in [1.807, 2.05) is 0 Å². The van der Waals surface area contributed by atoms with Crippen LogP contribution in [-0.2, 0) is 16.2 Å². The number of rotatable bonds is 5. The molecule has 0 aliphatic carbocycles. The molecule has 178 valence electrons. The molecule has 11 heteroatoms. The number of benzene rings is 2. The molecule has 0 amide bonds. The summed E-state index contributed by atoms with van der Waals surface area (Å²) in [5.41, 5.74) is -0.723. The second-order valence-corrected chi connectivity index (χ2v) is 10.9. The van der Waals surface area contributed by atoms with Gasteiger partial charge in [0.15, 0.2) is 5.82 Å². The summed E-state index contributed by atoms with van der Waals surface area (Å²) in [6.45, 7) is 8.21. The van der Waals surface area contributed by atoms with E-state index < -0.39 is 33.6 Å². The molecule has 2 aromatic carbocycles. The summed E-state index contributed by atoms with van der Waals surface area (Å²) < 4.78 is 70.4.